The van der Waals surface area contributed by atoms with Crippen molar-refractivity contribution in [2.24, 2.45) is 0 Å². The van der Waals surface area contributed by atoms with E-state index in [4.69, 9.17) is 0 Å². The number of carbonyl (C=O) groups is 1. The number of amides is 1. The summed E-state index contributed by atoms with van der Waals surface area (Å²) in [6.45, 7) is 2.57. The summed E-state index contributed by atoms with van der Waals surface area (Å²) in [6, 6.07) is 0. The van der Waals surface area contributed by atoms with E-state index in [9.17, 15) is 18.3 Å². The van der Waals surface area contributed by atoms with Crippen LogP contribution in [-0.2, 0) is 14.8 Å². The lowest BCUT2D eigenvalue weighted by Gasteiger charge is -2.51. The standard InChI is InChI=1S/C10H17NO4S/c1-9(2)8(13)11(16(9,14)15)10(7-12)5-3-4-6-10/h12H,3-7H2,1-2H3. The Labute approximate surface area is 95.5 Å². The van der Waals surface area contributed by atoms with Gasteiger partial charge in [0.15, 0.2) is 4.75 Å². The maximum atomic E-state index is 12.0. The second kappa shape index (κ2) is 3.20. The van der Waals surface area contributed by atoms with Crippen LogP contribution < -0.4 is 0 Å². The van der Waals surface area contributed by atoms with Crippen LogP contribution in [0.3, 0.4) is 0 Å². The van der Waals surface area contributed by atoms with Gasteiger partial charge in [-0.2, -0.15) is 0 Å². The average molecular weight is 247 g/mol. The van der Waals surface area contributed by atoms with Crippen molar-refractivity contribution in [3.05, 3.63) is 0 Å². The molecule has 6 heteroatoms. The van der Waals surface area contributed by atoms with Gasteiger partial charge in [0.05, 0.1) is 12.1 Å². The van der Waals surface area contributed by atoms with Gasteiger partial charge in [-0.25, -0.2) is 12.7 Å². The van der Waals surface area contributed by atoms with Gasteiger partial charge in [0, 0.05) is 0 Å². The van der Waals surface area contributed by atoms with E-state index >= 15 is 0 Å². The van der Waals surface area contributed by atoms with Crippen molar-refractivity contribution in [1.29, 1.82) is 0 Å². The third-order valence-corrected chi connectivity index (χ3v) is 6.34. The second-order valence-corrected chi connectivity index (χ2v) is 7.51. The van der Waals surface area contributed by atoms with Gasteiger partial charge in [0.2, 0.25) is 0 Å². The van der Waals surface area contributed by atoms with Crippen LogP contribution in [0, 0.1) is 0 Å². The predicted octanol–water partition coefficient (Wildman–Crippen LogP) is 0.242. The van der Waals surface area contributed by atoms with Crippen LogP contribution in [0.5, 0.6) is 0 Å². The topological polar surface area (TPSA) is 74.7 Å². The molecule has 0 aromatic heterocycles. The highest BCUT2D eigenvalue weighted by Crippen LogP contribution is 2.46. The van der Waals surface area contributed by atoms with Crippen molar-refractivity contribution in [1.82, 2.24) is 4.31 Å². The zero-order chi connectivity index (χ0) is 12.2. The van der Waals surface area contributed by atoms with Crippen molar-refractivity contribution < 1.29 is 18.3 Å². The summed E-state index contributed by atoms with van der Waals surface area (Å²) in [4.78, 5) is 11.9. The number of carbonyl (C=O) groups excluding carboxylic acids is 1. The van der Waals surface area contributed by atoms with Gasteiger partial charge < -0.3 is 5.11 Å². The minimum Gasteiger partial charge on any atom is -0.394 e. The van der Waals surface area contributed by atoms with Crippen molar-refractivity contribution in [3.63, 3.8) is 0 Å². The SMILES string of the molecule is CC1(C)C(=O)N(C2(CO)CCCC2)S1(=O)=O. The van der Waals surface area contributed by atoms with Crippen molar-refractivity contribution >= 4 is 15.9 Å². The van der Waals surface area contributed by atoms with Gasteiger partial charge in [-0.3, -0.25) is 4.79 Å². The van der Waals surface area contributed by atoms with E-state index in [1.165, 1.54) is 13.8 Å². The molecule has 92 valence electrons. The molecular formula is C10H17NO4S. The zero-order valence-electron chi connectivity index (χ0n) is 9.56. The number of sulfonamides is 1. The van der Waals surface area contributed by atoms with Crippen LogP contribution in [0.1, 0.15) is 39.5 Å². The first-order chi connectivity index (χ1) is 7.29. The van der Waals surface area contributed by atoms with Gasteiger partial charge in [0.25, 0.3) is 15.9 Å². The van der Waals surface area contributed by atoms with Gasteiger partial charge in [-0.05, 0) is 26.7 Å². The number of aliphatic hydroxyl groups excluding tert-OH is 1. The molecule has 16 heavy (non-hydrogen) atoms. The van der Waals surface area contributed by atoms with Gasteiger partial charge in [-0.1, -0.05) is 12.8 Å². The molecule has 0 spiro atoms. The number of hydrogen-bond acceptors (Lipinski definition) is 4. The van der Waals surface area contributed by atoms with E-state index in [0.717, 1.165) is 17.1 Å². The Hall–Kier alpha value is -0.620. The molecule has 1 saturated carbocycles. The smallest absolute Gasteiger partial charge is 0.259 e. The lowest BCUT2D eigenvalue weighted by atomic mass is 9.97. The Morgan fingerprint density at radius 2 is 1.81 bits per heavy atom. The van der Waals surface area contributed by atoms with Crippen LogP contribution in [0.15, 0.2) is 0 Å². The average Bonchev–Trinajstić information content (AvgIpc) is 2.67. The molecule has 0 bridgehead atoms. The van der Waals surface area contributed by atoms with E-state index in [2.05, 4.69) is 0 Å². The maximum Gasteiger partial charge on any atom is 0.259 e. The zero-order valence-corrected chi connectivity index (χ0v) is 10.4. The molecule has 0 aromatic carbocycles. The molecular weight excluding hydrogens is 230 g/mol. The maximum absolute atomic E-state index is 12.0. The molecule has 1 aliphatic carbocycles. The van der Waals surface area contributed by atoms with Crippen LogP contribution >= 0.6 is 0 Å². The van der Waals surface area contributed by atoms with Gasteiger partial charge >= 0.3 is 0 Å². The number of aliphatic hydroxyl groups is 1. The molecule has 5 nitrogen and oxygen atoms in total. The van der Waals surface area contributed by atoms with Gasteiger partial charge in [0.1, 0.15) is 0 Å². The fraction of sp³-hybridized carbons (Fsp3) is 0.900. The van der Waals surface area contributed by atoms with Crippen LogP contribution in [-0.4, -0.2) is 40.6 Å². The number of nitrogens with zero attached hydrogens (tertiary/aromatic N) is 1. The Morgan fingerprint density at radius 1 is 1.31 bits per heavy atom. The molecule has 1 amide bonds. The Balaban J connectivity index is 2.40. The van der Waals surface area contributed by atoms with E-state index in [1.54, 1.807) is 0 Å². The monoisotopic (exact) mass is 247 g/mol. The lowest BCUT2D eigenvalue weighted by molar-refractivity contribution is -0.138. The molecule has 1 saturated heterocycles. The third kappa shape index (κ3) is 1.14. The first-order valence-corrected chi connectivity index (χ1v) is 6.94. The molecule has 0 atom stereocenters. The molecule has 1 heterocycles. The third-order valence-electron chi connectivity index (χ3n) is 3.84. The molecule has 1 N–H and O–H groups in total. The molecule has 1 aliphatic heterocycles. The first kappa shape index (κ1) is 11.9. The van der Waals surface area contributed by atoms with E-state index in [-0.39, 0.29) is 12.5 Å². The van der Waals surface area contributed by atoms with Crippen LogP contribution in [0.4, 0.5) is 0 Å². The highest BCUT2D eigenvalue weighted by atomic mass is 32.2. The molecule has 2 fully saturated rings. The van der Waals surface area contributed by atoms with E-state index < -0.39 is 20.3 Å². The number of rotatable bonds is 2. The minimum atomic E-state index is -3.58. The summed E-state index contributed by atoms with van der Waals surface area (Å²) in [5.74, 6) is -0.386. The van der Waals surface area contributed by atoms with Crippen molar-refractivity contribution in [3.8, 4) is 0 Å². The second-order valence-electron chi connectivity index (χ2n) is 5.17. The lowest BCUT2D eigenvalue weighted by Crippen LogP contribution is -2.74. The summed E-state index contributed by atoms with van der Waals surface area (Å²) in [7, 11) is -3.58. The van der Waals surface area contributed by atoms with Gasteiger partial charge in [-0.15, -0.1) is 0 Å². The van der Waals surface area contributed by atoms with Crippen molar-refractivity contribution in [2.75, 3.05) is 6.61 Å². The molecule has 0 radical (unpaired) electrons. The van der Waals surface area contributed by atoms with E-state index in [1.807, 2.05) is 0 Å². The Kier molecular flexibility index (Phi) is 2.37. The summed E-state index contributed by atoms with van der Waals surface area (Å²) < 4.78 is 23.7. The largest absolute Gasteiger partial charge is 0.394 e. The van der Waals surface area contributed by atoms with Crippen LogP contribution in [0.25, 0.3) is 0 Å². The highest BCUT2D eigenvalue weighted by molar-refractivity contribution is 7.94. The quantitative estimate of drug-likeness (QED) is 0.758. The molecule has 0 aromatic rings. The fourth-order valence-electron chi connectivity index (χ4n) is 2.58. The molecule has 0 unspecified atom stereocenters. The summed E-state index contributed by atoms with van der Waals surface area (Å²) >= 11 is 0. The summed E-state index contributed by atoms with van der Waals surface area (Å²) in [5.41, 5.74) is -0.856. The normalized spacial score (nSPS) is 30.2. The van der Waals surface area contributed by atoms with Crippen molar-refractivity contribution in [2.45, 2.75) is 49.8 Å². The first-order valence-electron chi connectivity index (χ1n) is 5.50. The van der Waals surface area contributed by atoms with E-state index in [0.29, 0.717) is 12.8 Å². The fourth-order valence-corrected chi connectivity index (χ4v) is 4.42. The minimum absolute atomic E-state index is 0.270. The van der Waals surface area contributed by atoms with Crippen LogP contribution in [0.2, 0.25) is 0 Å². The summed E-state index contributed by atoms with van der Waals surface area (Å²) in [5, 5.41) is 9.41. The molecule has 2 rings (SSSR count). The number of hydrogen-bond donors (Lipinski definition) is 1. The molecule has 2 aliphatic rings. The highest BCUT2D eigenvalue weighted by Gasteiger charge is 2.66. The Bertz CT molecular complexity index is 420. The Morgan fingerprint density at radius 3 is 2.19 bits per heavy atom. The summed E-state index contributed by atoms with van der Waals surface area (Å²) in [6.07, 6.45) is 2.87. The predicted molar refractivity (Wildman–Crippen MR) is 58.1 cm³/mol.